The van der Waals surface area contributed by atoms with Gasteiger partial charge in [-0.2, -0.15) is 4.68 Å². The number of carbonyl (C=O) groups is 1. The average Bonchev–Trinajstić information content (AvgIpc) is 3.12. The Morgan fingerprint density at radius 1 is 1.25 bits per heavy atom. The van der Waals surface area contributed by atoms with E-state index in [2.05, 4.69) is 26.2 Å². The lowest BCUT2D eigenvalue weighted by atomic mass is 10.0. The van der Waals surface area contributed by atoms with E-state index in [0.29, 0.717) is 22.9 Å². The molecule has 1 atom stereocenters. The molecule has 3 rings (SSSR count). The number of amides is 2. The zero-order valence-electron chi connectivity index (χ0n) is 15.9. The molecule has 2 amide bonds. The molecule has 0 saturated heterocycles. The molecule has 1 unspecified atom stereocenters. The first-order valence-electron chi connectivity index (χ1n) is 8.71. The second-order valence-corrected chi connectivity index (χ2v) is 6.23. The fourth-order valence-corrected chi connectivity index (χ4v) is 2.82. The van der Waals surface area contributed by atoms with Crippen LogP contribution in [0.5, 0.6) is 5.75 Å². The van der Waals surface area contributed by atoms with E-state index in [1.54, 1.807) is 32.2 Å². The predicted octanol–water partition coefficient (Wildman–Crippen LogP) is 2.14. The summed E-state index contributed by atoms with van der Waals surface area (Å²) in [7, 11) is 1.55. The second kappa shape index (κ2) is 8.49. The molecule has 0 aliphatic carbocycles. The number of nitrogens with zero attached hydrogens (tertiary/aromatic N) is 4. The van der Waals surface area contributed by atoms with Crippen molar-refractivity contribution in [3.8, 4) is 11.4 Å². The number of urea groups is 1. The standard InChI is InChI=1S/C19H22N6O3/c1-12-6-4-5-7-15(12)17(26)11-20-19(27)21-14-8-9-18(28-3)16(10-14)25-13(2)22-23-24-25/h4-10,17,26H,11H2,1-3H3,(H2,20,21,27). The van der Waals surface area contributed by atoms with Gasteiger partial charge in [0.25, 0.3) is 0 Å². The highest BCUT2D eigenvalue weighted by Gasteiger charge is 2.14. The number of rotatable bonds is 6. The van der Waals surface area contributed by atoms with Crippen molar-refractivity contribution in [2.75, 3.05) is 19.0 Å². The fraction of sp³-hybridized carbons (Fsp3) is 0.263. The molecular formula is C19H22N6O3. The van der Waals surface area contributed by atoms with Gasteiger partial charge in [0.15, 0.2) is 5.82 Å². The minimum atomic E-state index is -0.790. The van der Waals surface area contributed by atoms with Gasteiger partial charge in [0.2, 0.25) is 0 Å². The summed E-state index contributed by atoms with van der Waals surface area (Å²) in [4.78, 5) is 12.2. The van der Waals surface area contributed by atoms with E-state index < -0.39 is 12.1 Å². The number of hydrogen-bond donors (Lipinski definition) is 3. The normalized spacial score (nSPS) is 11.7. The number of aromatic nitrogens is 4. The SMILES string of the molecule is COc1ccc(NC(=O)NCC(O)c2ccccc2C)cc1-n1nnnc1C. The van der Waals surface area contributed by atoms with Crippen molar-refractivity contribution in [1.29, 1.82) is 0 Å². The first-order chi connectivity index (χ1) is 13.5. The number of anilines is 1. The highest BCUT2D eigenvalue weighted by molar-refractivity contribution is 5.89. The van der Waals surface area contributed by atoms with E-state index in [9.17, 15) is 9.90 Å². The number of benzene rings is 2. The van der Waals surface area contributed by atoms with Crippen molar-refractivity contribution in [3.63, 3.8) is 0 Å². The maximum atomic E-state index is 12.2. The molecule has 0 saturated carbocycles. The Labute approximate surface area is 162 Å². The molecule has 2 aromatic carbocycles. The smallest absolute Gasteiger partial charge is 0.319 e. The van der Waals surface area contributed by atoms with E-state index in [0.717, 1.165) is 11.1 Å². The molecule has 0 fully saturated rings. The topological polar surface area (TPSA) is 114 Å². The lowest BCUT2D eigenvalue weighted by Gasteiger charge is -2.15. The first kappa shape index (κ1) is 19.3. The van der Waals surface area contributed by atoms with Crippen molar-refractivity contribution >= 4 is 11.7 Å². The number of methoxy groups -OCH3 is 1. The van der Waals surface area contributed by atoms with Crippen molar-refractivity contribution in [1.82, 2.24) is 25.5 Å². The van der Waals surface area contributed by atoms with E-state index in [1.807, 2.05) is 31.2 Å². The molecule has 0 bridgehead atoms. The van der Waals surface area contributed by atoms with Crippen LogP contribution in [0.25, 0.3) is 5.69 Å². The van der Waals surface area contributed by atoms with Crippen molar-refractivity contribution in [2.45, 2.75) is 20.0 Å². The maximum Gasteiger partial charge on any atom is 0.319 e. The number of tetrazole rings is 1. The zero-order chi connectivity index (χ0) is 20.1. The number of aliphatic hydroxyl groups excluding tert-OH is 1. The Morgan fingerprint density at radius 2 is 2.04 bits per heavy atom. The molecule has 3 aromatic rings. The van der Waals surface area contributed by atoms with Crippen molar-refractivity contribution < 1.29 is 14.6 Å². The van der Waals surface area contributed by atoms with E-state index in [1.165, 1.54) is 4.68 Å². The van der Waals surface area contributed by atoms with Crippen LogP contribution in [0.2, 0.25) is 0 Å². The third-order valence-electron chi connectivity index (χ3n) is 4.29. The van der Waals surface area contributed by atoms with Crippen LogP contribution in [-0.2, 0) is 0 Å². The summed E-state index contributed by atoms with van der Waals surface area (Å²) < 4.78 is 6.86. The molecule has 0 spiro atoms. The summed E-state index contributed by atoms with van der Waals surface area (Å²) in [5, 5.41) is 27.1. The maximum absolute atomic E-state index is 12.2. The number of aryl methyl sites for hydroxylation is 2. The van der Waals surface area contributed by atoms with Gasteiger partial charge < -0.3 is 20.5 Å². The highest BCUT2D eigenvalue weighted by atomic mass is 16.5. The largest absolute Gasteiger partial charge is 0.494 e. The molecular weight excluding hydrogens is 360 g/mol. The van der Waals surface area contributed by atoms with Crippen LogP contribution in [0.4, 0.5) is 10.5 Å². The Kier molecular flexibility index (Phi) is 5.85. The van der Waals surface area contributed by atoms with Crippen LogP contribution < -0.4 is 15.4 Å². The van der Waals surface area contributed by atoms with Gasteiger partial charge in [0.1, 0.15) is 11.4 Å². The van der Waals surface area contributed by atoms with E-state index in [4.69, 9.17) is 4.74 Å². The Morgan fingerprint density at radius 3 is 2.71 bits per heavy atom. The zero-order valence-corrected chi connectivity index (χ0v) is 15.9. The van der Waals surface area contributed by atoms with E-state index >= 15 is 0 Å². The predicted molar refractivity (Wildman–Crippen MR) is 104 cm³/mol. The Hall–Kier alpha value is -3.46. The average molecular weight is 382 g/mol. The van der Waals surface area contributed by atoms with Crippen LogP contribution in [0.1, 0.15) is 23.1 Å². The van der Waals surface area contributed by atoms with Crippen LogP contribution in [0.3, 0.4) is 0 Å². The molecule has 3 N–H and O–H groups in total. The van der Waals surface area contributed by atoms with Gasteiger partial charge >= 0.3 is 6.03 Å². The summed E-state index contributed by atoms with van der Waals surface area (Å²) in [5.74, 6) is 1.15. The molecule has 0 aliphatic heterocycles. The summed E-state index contributed by atoms with van der Waals surface area (Å²) >= 11 is 0. The number of nitrogens with one attached hydrogen (secondary N) is 2. The Balaban J connectivity index is 1.67. The van der Waals surface area contributed by atoms with Crippen molar-refractivity contribution in [2.24, 2.45) is 0 Å². The molecule has 9 heteroatoms. The number of ether oxygens (including phenoxy) is 1. The third kappa shape index (κ3) is 4.26. The molecule has 1 aromatic heterocycles. The quantitative estimate of drug-likeness (QED) is 0.602. The molecule has 9 nitrogen and oxygen atoms in total. The minimum absolute atomic E-state index is 0.0891. The molecule has 0 aliphatic rings. The number of aliphatic hydroxyl groups is 1. The lowest BCUT2D eigenvalue weighted by Crippen LogP contribution is -2.32. The minimum Gasteiger partial charge on any atom is -0.494 e. The fourth-order valence-electron chi connectivity index (χ4n) is 2.82. The van der Waals surface area contributed by atoms with Gasteiger partial charge in [-0.25, -0.2) is 4.79 Å². The Bertz CT molecular complexity index is 972. The van der Waals surface area contributed by atoms with E-state index in [-0.39, 0.29) is 6.54 Å². The van der Waals surface area contributed by atoms with Gasteiger partial charge in [-0.05, 0) is 53.6 Å². The highest BCUT2D eigenvalue weighted by Crippen LogP contribution is 2.26. The summed E-state index contributed by atoms with van der Waals surface area (Å²) in [6.45, 7) is 3.77. The van der Waals surface area contributed by atoms with Crippen LogP contribution in [-0.4, -0.2) is 45.0 Å². The van der Waals surface area contributed by atoms with Gasteiger partial charge in [0, 0.05) is 12.2 Å². The van der Waals surface area contributed by atoms with Crippen LogP contribution in [0, 0.1) is 13.8 Å². The van der Waals surface area contributed by atoms with Gasteiger partial charge in [-0.1, -0.05) is 24.3 Å². The summed E-state index contributed by atoms with van der Waals surface area (Å²) in [6.07, 6.45) is -0.790. The van der Waals surface area contributed by atoms with Crippen LogP contribution in [0.15, 0.2) is 42.5 Å². The second-order valence-electron chi connectivity index (χ2n) is 6.23. The number of hydrogen-bond acceptors (Lipinski definition) is 6. The summed E-state index contributed by atoms with van der Waals surface area (Å²) in [6, 6.07) is 12.2. The first-order valence-corrected chi connectivity index (χ1v) is 8.71. The summed E-state index contributed by atoms with van der Waals surface area (Å²) in [5.41, 5.74) is 2.88. The van der Waals surface area contributed by atoms with Gasteiger partial charge in [-0.15, -0.1) is 5.10 Å². The van der Waals surface area contributed by atoms with Crippen molar-refractivity contribution in [3.05, 3.63) is 59.4 Å². The lowest BCUT2D eigenvalue weighted by molar-refractivity contribution is 0.174. The van der Waals surface area contributed by atoms with Crippen LogP contribution >= 0.6 is 0 Å². The molecule has 1 heterocycles. The van der Waals surface area contributed by atoms with Gasteiger partial charge in [0.05, 0.1) is 13.2 Å². The van der Waals surface area contributed by atoms with Gasteiger partial charge in [-0.3, -0.25) is 0 Å². The molecule has 0 radical (unpaired) electrons. The molecule has 146 valence electrons. The molecule has 28 heavy (non-hydrogen) atoms. The third-order valence-corrected chi connectivity index (χ3v) is 4.29. The monoisotopic (exact) mass is 382 g/mol. The number of carbonyl (C=O) groups excluding carboxylic acids is 1.